The third-order valence-electron chi connectivity index (χ3n) is 2.59. The first-order valence-electron chi connectivity index (χ1n) is 5.68. The van der Waals surface area contributed by atoms with Crippen LogP contribution in [0.4, 0.5) is 0 Å². The van der Waals surface area contributed by atoms with Crippen LogP contribution in [-0.4, -0.2) is 7.11 Å². The second kappa shape index (κ2) is 6.51. The number of nitriles is 1. The Balaban J connectivity index is 2.10. The molecule has 0 radical (unpaired) electrons. The predicted octanol–water partition coefficient (Wildman–Crippen LogP) is 4.51. The van der Waals surface area contributed by atoms with E-state index in [1.54, 1.807) is 24.9 Å². The number of halogens is 1. The minimum atomic E-state index is 0.555. The number of hydrogen-bond donors (Lipinski definition) is 0. The largest absolute Gasteiger partial charge is 0.495 e. The molecule has 0 amide bonds. The first-order chi connectivity index (χ1) is 9.22. The van der Waals surface area contributed by atoms with Crippen LogP contribution in [0, 0.1) is 11.3 Å². The summed E-state index contributed by atoms with van der Waals surface area (Å²) < 4.78 is 5.20. The SMILES string of the molecule is COc1cc(CSc2cccc(Cl)c2)ccc1C#N. The van der Waals surface area contributed by atoms with E-state index in [-0.39, 0.29) is 0 Å². The summed E-state index contributed by atoms with van der Waals surface area (Å²) in [5.74, 6) is 1.43. The topological polar surface area (TPSA) is 33.0 Å². The minimum Gasteiger partial charge on any atom is -0.495 e. The van der Waals surface area contributed by atoms with Gasteiger partial charge in [0, 0.05) is 15.7 Å². The van der Waals surface area contributed by atoms with Gasteiger partial charge in [0.25, 0.3) is 0 Å². The second-order valence-electron chi connectivity index (χ2n) is 3.89. The van der Waals surface area contributed by atoms with Gasteiger partial charge in [-0.2, -0.15) is 5.26 Å². The molecule has 0 fully saturated rings. The van der Waals surface area contributed by atoms with Crippen LogP contribution >= 0.6 is 23.4 Å². The molecule has 0 heterocycles. The van der Waals surface area contributed by atoms with Crippen molar-refractivity contribution in [1.82, 2.24) is 0 Å². The molecule has 2 nitrogen and oxygen atoms in total. The van der Waals surface area contributed by atoms with Crippen molar-refractivity contribution in [2.45, 2.75) is 10.6 Å². The van der Waals surface area contributed by atoms with Gasteiger partial charge in [-0.15, -0.1) is 11.8 Å². The molecule has 0 bridgehead atoms. The summed E-state index contributed by atoms with van der Waals surface area (Å²) in [5.41, 5.74) is 1.67. The van der Waals surface area contributed by atoms with E-state index >= 15 is 0 Å². The van der Waals surface area contributed by atoms with Crippen LogP contribution in [-0.2, 0) is 5.75 Å². The van der Waals surface area contributed by atoms with Gasteiger partial charge in [-0.1, -0.05) is 23.7 Å². The number of hydrogen-bond acceptors (Lipinski definition) is 3. The van der Waals surface area contributed by atoms with Gasteiger partial charge in [-0.05, 0) is 35.9 Å². The van der Waals surface area contributed by atoms with Crippen molar-refractivity contribution in [3.8, 4) is 11.8 Å². The lowest BCUT2D eigenvalue weighted by Gasteiger charge is -2.06. The Labute approximate surface area is 122 Å². The highest BCUT2D eigenvalue weighted by Gasteiger charge is 2.04. The lowest BCUT2D eigenvalue weighted by Crippen LogP contribution is -1.90. The first kappa shape index (κ1) is 13.8. The maximum absolute atomic E-state index is 8.93. The van der Waals surface area contributed by atoms with Crippen LogP contribution in [0.1, 0.15) is 11.1 Å². The average Bonchev–Trinajstić information content (AvgIpc) is 2.45. The van der Waals surface area contributed by atoms with Crippen LogP contribution in [0.3, 0.4) is 0 Å². The van der Waals surface area contributed by atoms with Gasteiger partial charge < -0.3 is 4.74 Å². The zero-order valence-electron chi connectivity index (χ0n) is 10.4. The summed E-state index contributed by atoms with van der Waals surface area (Å²) in [7, 11) is 1.57. The zero-order chi connectivity index (χ0) is 13.7. The fraction of sp³-hybridized carbons (Fsp3) is 0.133. The van der Waals surface area contributed by atoms with Crippen molar-refractivity contribution >= 4 is 23.4 Å². The van der Waals surface area contributed by atoms with Gasteiger partial charge in [0.1, 0.15) is 11.8 Å². The number of rotatable bonds is 4. The third-order valence-corrected chi connectivity index (χ3v) is 3.89. The van der Waals surface area contributed by atoms with Crippen molar-refractivity contribution in [2.75, 3.05) is 7.11 Å². The molecule has 96 valence electrons. The first-order valence-corrected chi connectivity index (χ1v) is 7.04. The predicted molar refractivity (Wildman–Crippen MR) is 78.7 cm³/mol. The van der Waals surface area contributed by atoms with E-state index in [2.05, 4.69) is 6.07 Å². The fourth-order valence-electron chi connectivity index (χ4n) is 1.64. The Morgan fingerprint density at radius 1 is 1.26 bits per heavy atom. The number of benzene rings is 2. The van der Waals surface area contributed by atoms with Crippen molar-refractivity contribution in [3.63, 3.8) is 0 Å². The van der Waals surface area contributed by atoms with Crippen molar-refractivity contribution in [2.24, 2.45) is 0 Å². The van der Waals surface area contributed by atoms with Crippen LogP contribution in [0.25, 0.3) is 0 Å². The maximum atomic E-state index is 8.93. The summed E-state index contributed by atoms with van der Waals surface area (Å²) in [6.07, 6.45) is 0. The van der Waals surface area contributed by atoms with Gasteiger partial charge in [-0.25, -0.2) is 0 Å². The van der Waals surface area contributed by atoms with E-state index in [0.717, 1.165) is 21.2 Å². The van der Waals surface area contributed by atoms with Crippen molar-refractivity contribution < 1.29 is 4.74 Å². The van der Waals surface area contributed by atoms with E-state index in [9.17, 15) is 0 Å². The average molecular weight is 290 g/mol. The quantitative estimate of drug-likeness (QED) is 0.776. The number of nitrogens with zero attached hydrogens (tertiary/aromatic N) is 1. The van der Waals surface area contributed by atoms with E-state index < -0.39 is 0 Å². The van der Waals surface area contributed by atoms with E-state index in [4.69, 9.17) is 21.6 Å². The summed E-state index contributed by atoms with van der Waals surface area (Å²) in [6.45, 7) is 0. The Morgan fingerprint density at radius 3 is 2.79 bits per heavy atom. The highest BCUT2D eigenvalue weighted by atomic mass is 35.5. The molecular weight excluding hydrogens is 278 g/mol. The van der Waals surface area contributed by atoms with Crippen molar-refractivity contribution in [3.05, 3.63) is 58.6 Å². The molecule has 4 heteroatoms. The Bertz CT molecular complexity index is 622. The number of thioether (sulfide) groups is 1. The molecule has 0 atom stereocenters. The molecule has 0 saturated carbocycles. The summed E-state index contributed by atoms with van der Waals surface area (Å²) in [5, 5.41) is 9.67. The molecule has 0 N–H and O–H groups in total. The molecule has 0 saturated heterocycles. The Kier molecular flexibility index (Phi) is 4.73. The lowest BCUT2D eigenvalue weighted by molar-refractivity contribution is 0.413. The van der Waals surface area contributed by atoms with Gasteiger partial charge >= 0.3 is 0 Å². The van der Waals surface area contributed by atoms with E-state index in [1.165, 1.54) is 0 Å². The van der Waals surface area contributed by atoms with Gasteiger partial charge in [0.05, 0.1) is 12.7 Å². The monoisotopic (exact) mass is 289 g/mol. The van der Waals surface area contributed by atoms with E-state index in [0.29, 0.717) is 11.3 Å². The molecule has 0 spiro atoms. The minimum absolute atomic E-state index is 0.555. The van der Waals surface area contributed by atoms with Crippen LogP contribution in [0.2, 0.25) is 5.02 Å². The highest BCUT2D eigenvalue weighted by Crippen LogP contribution is 2.27. The zero-order valence-corrected chi connectivity index (χ0v) is 12.0. The molecule has 2 aromatic carbocycles. The normalized spacial score (nSPS) is 9.95. The third kappa shape index (κ3) is 3.66. The summed E-state index contributed by atoms with van der Waals surface area (Å²) in [4.78, 5) is 1.12. The molecule has 0 aliphatic rings. The molecule has 2 aromatic rings. The molecule has 2 rings (SSSR count). The highest BCUT2D eigenvalue weighted by molar-refractivity contribution is 7.98. The molecule has 0 unspecified atom stereocenters. The lowest BCUT2D eigenvalue weighted by atomic mass is 10.1. The van der Waals surface area contributed by atoms with Gasteiger partial charge in [-0.3, -0.25) is 0 Å². The van der Waals surface area contributed by atoms with Crippen molar-refractivity contribution in [1.29, 1.82) is 5.26 Å². The number of methoxy groups -OCH3 is 1. The summed E-state index contributed by atoms with van der Waals surface area (Å²) >= 11 is 7.64. The standard InChI is InChI=1S/C15H12ClNOS/c1-18-15-7-11(5-6-12(15)9-17)10-19-14-4-2-3-13(16)8-14/h2-8H,10H2,1H3. The second-order valence-corrected chi connectivity index (χ2v) is 5.38. The molecule has 19 heavy (non-hydrogen) atoms. The van der Waals surface area contributed by atoms with Crippen LogP contribution in [0.5, 0.6) is 5.75 Å². The number of ether oxygens (including phenoxy) is 1. The molecule has 0 aromatic heterocycles. The van der Waals surface area contributed by atoms with Crippen LogP contribution in [0.15, 0.2) is 47.4 Å². The summed E-state index contributed by atoms with van der Waals surface area (Å²) in [6, 6.07) is 15.5. The molecule has 0 aliphatic heterocycles. The van der Waals surface area contributed by atoms with Crippen LogP contribution < -0.4 is 4.74 Å². The fourth-order valence-corrected chi connectivity index (χ4v) is 2.79. The smallest absolute Gasteiger partial charge is 0.136 e. The molecular formula is C15H12ClNOS. The maximum Gasteiger partial charge on any atom is 0.136 e. The van der Waals surface area contributed by atoms with E-state index in [1.807, 2.05) is 36.4 Å². The molecule has 0 aliphatic carbocycles. The van der Waals surface area contributed by atoms with Gasteiger partial charge in [0.15, 0.2) is 0 Å². The van der Waals surface area contributed by atoms with Gasteiger partial charge in [0.2, 0.25) is 0 Å². The Morgan fingerprint density at radius 2 is 2.11 bits per heavy atom. The Hall–Kier alpha value is -1.63.